The van der Waals surface area contributed by atoms with Crippen molar-refractivity contribution in [3.63, 3.8) is 0 Å². The Labute approximate surface area is 115 Å². The average Bonchev–Trinajstić information content (AvgIpc) is 2.83. The monoisotopic (exact) mass is 260 g/mol. The van der Waals surface area contributed by atoms with Crippen molar-refractivity contribution in [1.29, 1.82) is 0 Å². The molecule has 0 aromatic heterocycles. The summed E-state index contributed by atoms with van der Waals surface area (Å²) in [6.07, 6.45) is 5.26. The third-order valence-corrected chi connectivity index (χ3v) is 4.53. The Morgan fingerprint density at radius 2 is 2.05 bits per heavy atom. The second-order valence-electron chi connectivity index (χ2n) is 5.70. The topological polar surface area (TPSA) is 38.5 Å². The van der Waals surface area contributed by atoms with Crippen LogP contribution < -0.4 is 5.73 Å². The van der Waals surface area contributed by atoms with E-state index < -0.39 is 0 Å². The lowest BCUT2D eigenvalue weighted by Gasteiger charge is -2.36. The molecule has 1 saturated heterocycles. The fourth-order valence-electron chi connectivity index (χ4n) is 3.58. The predicted octanol–water partition coefficient (Wildman–Crippen LogP) is 2.76. The van der Waals surface area contributed by atoms with Crippen molar-refractivity contribution in [3.8, 4) is 0 Å². The van der Waals surface area contributed by atoms with E-state index in [9.17, 15) is 0 Å². The number of benzene rings is 1. The molecule has 0 spiro atoms. The number of hydrogen-bond acceptors (Lipinski definition) is 3. The summed E-state index contributed by atoms with van der Waals surface area (Å²) in [6, 6.07) is 7.04. The molecule has 3 nitrogen and oxygen atoms in total. The van der Waals surface area contributed by atoms with E-state index in [1.165, 1.54) is 49.9 Å². The van der Waals surface area contributed by atoms with Crippen molar-refractivity contribution in [1.82, 2.24) is 4.90 Å². The van der Waals surface area contributed by atoms with E-state index in [0.29, 0.717) is 12.1 Å². The first-order valence-electron chi connectivity index (χ1n) is 7.52. The van der Waals surface area contributed by atoms with Gasteiger partial charge in [0.25, 0.3) is 0 Å². The molecular weight excluding hydrogens is 236 g/mol. The van der Waals surface area contributed by atoms with Crippen molar-refractivity contribution in [2.45, 2.75) is 44.8 Å². The minimum absolute atomic E-state index is 0.480. The molecule has 1 aliphatic heterocycles. The van der Waals surface area contributed by atoms with Crippen LogP contribution in [0.4, 0.5) is 5.69 Å². The van der Waals surface area contributed by atoms with Gasteiger partial charge in [-0.05, 0) is 55.9 Å². The molecule has 1 heterocycles. The smallest absolute Gasteiger partial charge is 0.0599 e. The third-order valence-electron chi connectivity index (χ3n) is 4.53. The van der Waals surface area contributed by atoms with Crippen LogP contribution in [0.1, 0.15) is 43.4 Å². The van der Waals surface area contributed by atoms with E-state index >= 15 is 0 Å². The number of anilines is 1. The number of rotatable bonds is 3. The summed E-state index contributed by atoms with van der Waals surface area (Å²) in [5.74, 6) is 0. The van der Waals surface area contributed by atoms with Gasteiger partial charge >= 0.3 is 0 Å². The van der Waals surface area contributed by atoms with Gasteiger partial charge in [0, 0.05) is 31.4 Å². The van der Waals surface area contributed by atoms with Crippen LogP contribution in [-0.4, -0.2) is 30.7 Å². The summed E-state index contributed by atoms with van der Waals surface area (Å²) in [5, 5.41) is 0. The van der Waals surface area contributed by atoms with Crippen molar-refractivity contribution in [2.24, 2.45) is 0 Å². The first-order valence-corrected chi connectivity index (χ1v) is 7.52. The molecule has 0 saturated carbocycles. The summed E-state index contributed by atoms with van der Waals surface area (Å²) in [6.45, 7) is 5.26. The Hall–Kier alpha value is -1.06. The van der Waals surface area contributed by atoms with Crippen molar-refractivity contribution in [3.05, 3.63) is 29.3 Å². The molecule has 19 heavy (non-hydrogen) atoms. The summed E-state index contributed by atoms with van der Waals surface area (Å²) in [5.41, 5.74) is 9.73. The Bertz CT molecular complexity index is 438. The van der Waals surface area contributed by atoms with E-state index in [2.05, 4.69) is 24.0 Å². The average molecular weight is 260 g/mol. The largest absolute Gasteiger partial charge is 0.399 e. The van der Waals surface area contributed by atoms with Crippen LogP contribution in [0, 0.1) is 0 Å². The van der Waals surface area contributed by atoms with Gasteiger partial charge in [-0.15, -0.1) is 0 Å². The molecule has 3 heteroatoms. The van der Waals surface area contributed by atoms with Crippen LogP contribution in [0.5, 0.6) is 0 Å². The number of nitrogens with two attached hydrogens (primary N) is 1. The summed E-state index contributed by atoms with van der Waals surface area (Å²) >= 11 is 0. The van der Waals surface area contributed by atoms with Crippen LogP contribution in [0.3, 0.4) is 0 Å². The Morgan fingerprint density at radius 1 is 1.26 bits per heavy atom. The fourth-order valence-corrected chi connectivity index (χ4v) is 3.58. The number of nitrogens with zero attached hydrogens (tertiary/aromatic N) is 1. The van der Waals surface area contributed by atoms with Gasteiger partial charge in [0.2, 0.25) is 0 Å². The van der Waals surface area contributed by atoms with Crippen molar-refractivity contribution >= 4 is 5.69 Å². The summed E-state index contributed by atoms with van der Waals surface area (Å²) in [7, 11) is 0. The molecule has 1 aliphatic carbocycles. The molecule has 1 fully saturated rings. The third kappa shape index (κ3) is 2.63. The number of hydrogen-bond donors (Lipinski definition) is 1. The maximum absolute atomic E-state index is 5.88. The normalized spacial score (nSPS) is 24.6. The van der Waals surface area contributed by atoms with Crippen LogP contribution in [0.2, 0.25) is 0 Å². The second kappa shape index (κ2) is 5.51. The van der Waals surface area contributed by atoms with Crippen molar-refractivity contribution in [2.75, 3.05) is 25.4 Å². The minimum Gasteiger partial charge on any atom is -0.399 e. The zero-order valence-corrected chi connectivity index (χ0v) is 11.8. The van der Waals surface area contributed by atoms with E-state index in [4.69, 9.17) is 10.5 Å². The molecular formula is C16H24N2O. The Morgan fingerprint density at radius 3 is 2.79 bits per heavy atom. The Balaban J connectivity index is 1.66. The lowest BCUT2D eigenvalue weighted by molar-refractivity contribution is 0.00378. The molecule has 1 unspecified atom stereocenters. The molecule has 0 amide bonds. The number of nitrogen functional groups attached to an aromatic ring is 1. The predicted molar refractivity (Wildman–Crippen MR) is 78.1 cm³/mol. The molecule has 1 aromatic carbocycles. The number of aryl methyl sites for hydroxylation is 1. The highest BCUT2D eigenvalue weighted by molar-refractivity contribution is 5.47. The maximum Gasteiger partial charge on any atom is 0.0599 e. The zero-order valence-electron chi connectivity index (χ0n) is 11.8. The van der Waals surface area contributed by atoms with Crippen LogP contribution in [0.25, 0.3) is 0 Å². The van der Waals surface area contributed by atoms with Gasteiger partial charge in [0.1, 0.15) is 0 Å². The summed E-state index contributed by atoms with van der Waals surface area (Å²) < 4.78 is 5.74. The SMILES string of the molecule is CCOC1CCN(C2CCc3cc(N)ccc32)CC1. The molecule has 1 atom stereocenters. The molecule has 1 aromatic rings. The standard InChI is InChI=1S/C16H24N2O/c1-2-19-14-7-9-18(10-8-14)16-6-3-12-11-13(17)4-5-15(12)16/h4-5,11,14,16H,2-3,6-10,17H2,1H3. The summed E-state index contributed by atoms with van der Waals surface area (Å²) in [4.78, 5) is 2.64. The Kier molecular flexibility index (Phi) is 3.76. The van der Waals surface area contributed by atoms with Gasteiger partial charge in [-0.1, -0.05) is 6.07 Å². The highest BCUT2D eigenvalue weighted by Gasteiger charge is 2.30. The lowest BCUT2D eigenvalue weighted by atomic mass is 10.0. The van der Waals surface area contributed by atoms with Crippen LogP contribution in [-0.2, 0) is 11.2 Å². The number of ether oxygens (including phenoxy) is 1. The highest BCUT2D eigenvalue weighted by atomic mass is 16.5. The van der Waals surface area contributed by atoms with Gasteiger partial charge < -0.3 is 10.5 Å². The molecule has 0 bridgehead atoms. The lowest BCUT2D eigenvalue weighted by Crippen LogP contribution is -2.38. The van der Waals surface area contributed by atoms with Gasteiger partial charge in [-0.25, -0.2) is 0 Å². The molecule has 3 rings (SSSR count). The zero-order chi connectivity index (χ0) is 13.2. The van der Waals surface area contributed by atoms with Crippen LogP contribution in [0.15, 0.2) is 18.2 Å². The maximum atomic E-state index is 5.88. The van der Waals surface area contributed by atoms with Gasteiger partial charge in [0.05, 0.1) is 6.10 Å². The van der Waals surface area contributed by atoms with Gasteiger partial charge in [-0.2, -0.15) is 0 Å². The molecule has 0 radical (unpaired) electrons. The number of fused-ring (bicyclic) bond motifs is 1. The number of likely N-dealkylation sites (tertiary alicyclic amines) is 1. The van der Waals surface area contributed by atoms with Crippen LogP contribution >= 0.6 is 0 Å². The molecule has 2 aliphatic rings. The quantitative estimate of drug-likeness (QED) is 0.849. The van der Waals surface area contributed by atoms with Gasteiger partial charge in [0.15, 0.2) is 0 Å². The highest BCUT2D eigenvalue weighted by Crippen LogP contribution is 2.38. The minimum atomic E-state index is 0.480. The molecule has 2 N–H and O–H groups in total. The molecule has 104 valence electrons. The first kappa shape index (κ1) is 12.9. The first-order chi connectivity index (χ1) is 9.28. The van der Waals surface area contributed by atoms with Gasteiger partial charge in [-0.3, -0.25) is 4.90 Å². The van der Waals surface area contributed by atoms with E-state index in [1.54, 1.807) is 0 Å². The van der Waals surface area contributed by atoms with Crippen molar-refractivity contribution < 1.29 is 4.74 Å². The van der Waals surface area contributed by atoms with E-state index in [1.807, 2.05) is 6.07 Å². The van der Waals surface area contributed by atoms with E-state index in [0.717, 1.165) is 12.3 Å². The second-order valence-corrected chi connectivity index (χ2v) is 5.70. The van der Waals surface area contributed by atoms with E-state index in [-0.39, 0.29) is 0 Å². The fraction of sp³-hybridized carbons (Fsp3) is 0.625. The number of piperidine rings is 1.